The third-order valence-electron chi connectivity index (χ3n) is 3.10. The van der Waals surface area contributed by atoms with Crippen LogP contribution >= 0.6 is 0 Å². The standard InChI is InChI=1S/C12H14N2O/c15-7-8-1-2-11-9(5-8)10-6-13-4-3-12(10)14-11/h1-2,5,13-15H,3-4,6-7H2. The predicted octanol–water partition coefficient (Wildman–Crippen LogP) is 1.31. The molecule has 1 aromatic heterocycles. The zero-order valence-electron chi connectivity index (χ0n) is 8.51. The second-order valence-electron chi connectivity index (χ2n) is 4.05. The largest absolute Gasteiger partial charge is 0.392 e. The van der Waals surface area contributed by atoms with Gasteiger partial charge in [-0.2, -0.15) is 0 Å². The minimum atomic E-state index is 0.114. The monoisotopic (exact) mass is 202 g/mol. The van der Waals surface area contributed by atoms with Crippen LogP contribution < -0.4 is 5.32 Å². The topological polar surface area (TPSA) is 48.0 Å². The number of aromatic amines is 1. The predicted molar refractivity (Wildman–Crippen MR) is 59.6 cm³/mol. The third kappa shape index (κ3) is 1.35. The maximum Gasteiger partial charge on any atom is 0.0682 e. The number of rotatable bonds is 1. The number of aliphatic hydroxyl groups excluding tert-OH is 1. The van der Waals surface area contributed by atoms with Crippen LogP contribution in [-0.4, -0.2) is 16.6 Å². The molecule has 0 amide bonds. The van der Waals surface area contributed by atoms with Gasteiger partial charge in [0.25, 0.3) is 0 Å². The van der Waals surface area contributed by atoms with E-state index < -0.39 is 0 Å². The van der Waals surface area contributed by atoms with E-state index in [9.17, 15) is 0 Å². The molecular weight excluding hydrogens is 188 g/mol. The van der Waals surface area contributed by atoms with Gasteiger partial charge in [0, 0.05) is 36.1 Å². The van der Waals surface area contributed by atoms with Gasteiger partial charge in [-0.05, 0) is 23.3 Å². The quantitative estimate of drug-likeness (QED) is 0.653. The number of H-pyrrole nitrogens is 1. The Labute approximate surface area is 88.1 Å². The summed E-state index contributed by atoms with van der Waals surface area (Å²) >= 11 is 0. The van der Waals surface area contributed by atoms with Crippen LogP contribution in [0.1, 0.15) is 16.8 Å². The first-order chi connectivity index (χ1) is 7.38. The fourth-order valence-electron chi connectivity index (χ4n) is 2.29. The van der Waals surface area contributed by atoms with Crippen LogP contribution in [0.5, 0.6) is 0 Å². The normalized spacial score (nSPS) is 15.5. The lowest BCUT2D eigenvalue weighted by Crippen LogP contribution is -2.22. The summed E-state index contributed by atoms with van der Waals surface area (Å²) in [5.74, 6) is 0. The Kier molecular flexibility index (Phi) is 2.01. The Morgan fingerprint density at radius 2 is 2.27 bits per heavy atom. The molecule has 3 N–H and O–H groups in total. The van der Waals surface area contributed by atoms with Crippen molar-refractivity contribution < 1.29 is 5.11 Å². The summed E-state index contributed by atoms with van der Waals surface area (Å²) in [4.78, 5) is 3.45. The van der Waals surface area contributed by atoms with Crippen molar-refractivity contribution in [2.24, 2.45) is 0 Å². The highest BCUT2D eigenvalue weighted by Crippen LogP contribution is 2.25. The average Bonchev–Trinajstić information content (AvgIpc) is 2.66. The molecule has 2 heterocycles. The van der Waals surface area contributed by atoms with E-state index in [1.54, 1.807) is 0 Å². The number of aromatic nitrogens is 1. The SMILES string of the molecule is OCc1ccc2[nH]c3c(c2c1)CNCC3. The van der Waals surface area contributed by atoms with Crippen molar-refractivity contribution >= 4 is 10.9 Å². The molecule has 3 nitrogen and oxygen atoms in total. The smallest absolute Gasteiger partial charge is 0.0682 e. The minimum absolute atomic E-state index is 0.114. The summed E-state index contributed by atoms with van der Waals surface area (Å²) in [6.45, 7) is 2.10. The van der Waals surface area contributed by atoms with E-state index in [4.69, 9.17) is 5.11 Å². The first kappa shape index (κ1) is 8.95. The van der Waals surface area contributed by atoms with Gasteiger partial charge in [-0.1, -0.05) is 6.07 Å². The molecule has 0 aliphatic carbocycles. The van der Waals surface area contributed by atoms with Crippen molar-refractivity contribution in [3.05, 3.63) is 35.0 Å². The van der Waals surface area contributed by atoms with E-state index in [1.807, 2.05) is 6.07 Å². The zero-order chi connectivity index (χ0) is 10.3. The molecule has 3 heteroatoms. The highest BCUT2D eigenvalue weighted by Gasteiger charge is 2.14. The van der Waals surface area contributed by atoms with Crippen LogP contribution in [0.3, 0.4) is 0 Å². The molecule has 78 valence electrons. The molecule has 0 saturated carbocycles. The van der Waals surface area contributed by atoms with Gasteiger partial charge in [0.05, 0.1) is 6.61 Å². The fourth-order valence-corrected chi connectivity index (χ4v) is 2.29. The van der Waals surface area contributed by atoms with Gasteiger partial charge in [-0.25, -0.2) is 0 Å². The summed E-state index contributed by atoms with van der Waals surface area (Å²) in [5, 5.41) is 13.7. The van der Waals surface area contributed by atoms with Crippen molar-refractivity contribution in [2.75, 3.05) is 6.54 Å². The number of nitrogens with one attached hydrogen (secondary N) is 2. The summed E-state index contributed by atoms with van der Waals surface area (Å²) in [5.41, 5.74) is 4.88. The van der Waals surface area contributed by atoms with Crippen LogP contribution in [-0.2, 0) is 19.6 Å². The second-order valence-corrected chi connectivity index (χ2v) is 4.05. The van der Waals surface area contributed by atoms with Crippen molar-refractivity contribution in [2.45, 2.75) is 19.6 Å². The van der Waals surface area contributed by atoms with E-state index in [0.29, 0.717) is 0 Å². The second kappa shape index (κ2) is 3.36. The summed E-state index contributed by atoms with van der Waals surface area (Å²) < 4.78 is 0. The van der Waals surface area contributed by atoms with E-state index in [2.05, 4.69) is 22.4 Å². The molecule has 15 heavy (non-hydrogen) atoms. The molecule has 0 spiro atoms. The third-order valence-corrected chi connectivity index (χ3v) is 3.10. The van der Waals surface area contributed by atoms with Crippen LogP contribution in [0.2, 0.25) is 0 Å². The Morgan fingerprint density at radius 3 is 3.13 bits per heavy atom. The average molecular weight is 202 g/mol. The molecule has 0 radical (unpaired) electrons. The first-order valence-corrected chi connectivity index (χ1v) is 5.32. The number of aliphatic hydroxyl groups is 1. The lowest BCUT2D eigenvalue weighted by atomic mass is 10.0. The lowest BCUT2D eigenvalue weighted by Gasteiger charge is -2.12. The van der Waals surface area contributed by atoms with E-state index in [1.165, 1.54) is 22.2 Å². The molecule has 1 aliphatic heterocycles. The molecular formula is C12H14N2O. The van der Waals surface area contributed by atoms with Gasteiger partial charge in [0.2, 0.25) is 0 Å². The van der Waals surface area contributed by atoms with Gasteiger partial charge >= 0.3 is 0 Å². The molecule has 2 aromatic rings. The van der Waals surface area contributed by atoms with Crippen LogP contribution in [0, 0.1) is 0 Å². The Hall–Kier alpha value is -1.32. The fraction of sp³-hybridized carbons (Fsp3) is 0.333. The van der Waals surface area contributed by atoms with Crippen molar-refractivity contribution in [3.8, 4) is 0 Å². The van der Waals surface area contributed by atoms with Crippen LogP contribution in [0.15, 0.2) is 18.2 Å². The number of benzene rings is 1. The molecule has 0 bridgehead atoms. The molecule has 0 unspecified atom stereocenters. The Balaban J connectivity index is 2.24. The molecule has 0 fully saturated rings. The van der Waals surface area contributed by atoms with Crippen LogP contribution in [0.25, 0.3) is 10.9 Å². The van der Waals surface area contributed by atoms with Gasteiger partial charge < -0.3 is 15.4 Å². The zero-order valence-corrected chi connectivity index (χ0v) is 8.51. The van der Waals surface area contributed by atoms with Gasteiger partial charge in [-0.3, -0.25) is 0 Å². The van der Waals surface area contributed by atoms with Gasteiger partial charge in [0.15, 0.2) is 0 Å². The first-order valence-electron chi connectivity index (χ1n) is 5.32. The summed E-state index contributed by atoms with van der Waals surface area (Å²) in [7, 11) is 0. The van der Waals surface area contributed by atoms with Gasteiger partial charge in [-0.15, -0.1) is 0 Å². The van der Waals surface area contributed by atoms with Crippen molar-refractivity contribution in [3.63, 3.8) is 0 Å². The Bertz CT molecular complexity index is 502. The highest BCUT2D eigenvalue weighted by atomic mass is 16.3. The van der Waals surface area contributed by atoms with Crippen molar-refractivity contribution in [1.82, 2.24) is 10.3 Å². The van der Waals surface area contributed by atoms with Crippen LogP contribution in [0.4, 0.5) is 0 Å². The maximum atomic E-state index is 9.11. The number of hydrogen-bond acceptors (Lipinski definition) is 2. The number of fused-ring (bicyclic) bond motifs is 3. The Morgan fingerprint density at radius 1 is 1.33 bits per heavy atom. The highest BCUT2D eigenvalue weighted by molar-refractivity contribution is 5.85. The molecule has 0 atom stereocenters. The molecule has 1 aliphatic rings. The lowest BCUT2D eigenvalue weighted by molar-refractivity contribution is 0.282. The summed E-state index contributed by atoms with van der Waals surface area (Å²) in [6, 6.07) is 6.11. The molecule has 1 aromatic carbocycles. The molecule has 3 rings (SSSR count). The summed E-state index contributed by atoms with van der Waals surface area (Å²) in [6.07, 6.45) is 1.07. The van der Waals surface area contributed by atoms with Crippen molar-refractivity contribution in [1.29, 1.82) is 0 Å². The van der Waals surface area contributed by atoms with E-state index >= 15 is 0 Å². The number of hydrogen-bond donors (Lipinski definition) is 3. The maximum absolute atomic E-state index is 9.11. The van der Waals surface area contributed by atoms with E-state index in [-0.39, 0.29) is 6.61 Å². The van der Waals surface area contributed by atoms with Gasteiger partial charge in [0.1, 0.15) is 0 Å². The van der Waals surface area contributed by atoms with E-state index in [0.717, 1.165) is 25.1 Å². The molecule has 0 saturated heterocycles. The minimum Gasteiger partial charge on any atom is -0.392 e.